The van der Waals surface area contributed by atoms with Gasteiger partial charge in [0, 0.05) is 5.92 Å². The number of nitrogens with zero attached hydrogens (tertiary/aromatic N) is 5. The molecule has 0 radical (unpaired) electrons. The van der Waals surface area contributed by atoms with E-state index in [1.54, 1.807) is 4.68 Å². The van der Waals surface area contributed by atoms with Crippen molar-refractivity contribution in [2.24, 2.45) is 5.73 Å². The molecule has 0 saturated carbocycles. The zero-order chi connectivity index (χ0) is 13.1. The highest BCUT2D eigenvalue weighted by atomic mass is 16.5. The van der Waals surface area contributed by atoms with Crippen LogP contribution in [0.15, 0.2) is 10.7 Å². The van der Waals surface area contributed by atoms with Crippen LogP contribution in [0.1, 0.15) is 56.6 Å². The van der Waals surface area contributed by atoms with Gasteiger partial charge in [-0.15, -0.1) is 5.10 Å². The van der Waals surface area contributed by atoms with Crippen molar-refractivity contribution in [2.75, 3.05) is 0 Å². The van der Waals surface area contributed by atoms with Gasteiger partial charge in [0.15, 0.2) is 5.82 Å². The van der Waals surface area contributed by atoms with Gasteiger partial charge in [-0.2, -0.15) is 4.98 Å². The van der Waals surface area contributed by atoms with Crippen molar-refractivity contribution < 1.29 is 4.52 Å². The Morgan fingerprint density at radius 2 is 2.22 bits per heavy atom. The van der Waals surface area contributed by atoms with E-state index in [1.807, 2.05) is 27.0 Å². The molecule has 2 aromatic rings. The molecule has 18 heavy (non-hydrogen) atoms. The maximum atomic E-state index is 5.88. The third-order valence-electron chi connectivity index (χ3n) is 2.67. The minimum absolute atomic E-state index is 0.0762. The summed E-state index contributed by atoms with van der Waals surface area (Å²) >= 11 is 0. The molecule has 1 unspecified atom stereocenters. The maximum absolute atomic E-state index is 5.88. The Balaban J connectivity index is 2.06. The minimum atomic E-state index is -0.0762. The lowest BCUT2D eigenvalue weighted by atomic mass is 10.2. The molecule has 2 rings (SSSR count). The summed E-state index contributed by atoms with van der Waals surface area (Å²) in [5, 5.41) is 11.9. The molecule has 2 N–H and O–H groups in total. The molecular formula is C11H18N6O. The molecule has 2 heterocycles. The molecule has 0 bridgehead atoms. The SMILES string of the molecule is CCC(N)c1cn(Cc2nc(C(C)C)no2)nn1. The fraction of sp³-hybridized carbons (Fsp3) is 0.636. The summed E-state index contributed by atoms with van der Waals surface area (Å²) in [6.45, 7) is 6.46. The van der Waals surface area contributed by atoms with Gasteiger partial charge in [0.1, 0.15) is 6.54 Å². The molecule has 0 aliphatic rings. The van der Waals surface area contributed by atoms with Crippen LogP contribution in [0, 0.1) is 0 Å². The molecule has 7 heteroatoms. The third-order valence-corrected chi connectivity index (χ3v) is 2.67. The molecule has 0 aliphatic heterocycles. The van der Waals surface area contributed by atoms with Gasteiger partial charge in [-0.05, 0) is 6.42 Å². The predicted octanol–water partition coefficient (Wildman–Crippen LogP) is 1.24. The van der Waals surface area contributed by atoms with Gasteiger partial charge in [-0.25, -0.2) is 4.68 Å². The molecular weight excluding hydrogens is 232 g/mol. The summed E-state index contributed by atoms with van der Waals surface area (Å²) in [5.41, 5.74) is 6.66. The topological polar surface area (TPSA) is 95.7 Å². The summed E-state index contributed by atoms with van der Waals surface area (Å²) in [4.78, 5) is 4.28. The predicted molar refractivity (Wildman–Crippen MR) is 64.7 cm³/mol. The van der Waals surface area contributed by atoms with Crippen LogP contribution in [0.2, 0.25) is 0 Å². The summed E-state index contributed by atoms with van der Waals surface area (Å²) in [6.07, 6.45) is 2.64. The number of hydrogen-bond acceptors (Lipinski definition) is 6. The van der Waals surface area contributed by atoms with E-state index >= 15 is 0 Å². The smallest absolute Gasteiger partial charge is 0.248 e. The van der Waals surface area contributed by atoms with E-state index in [0.29, 0.717) is 18.3 Å². The van der Waals surface area contributed by atoms with Crippen LogP contribution in [0.3, 0.4) is 0 Å². The van der Waals surface area contributed by atoms with Gasteiger partial charge >= 0.3 is 0 Å². The Kier molecular flexibility index (Phi) is 3.71. The Bertz CT molecular complexity index is 503. The Morgan fingerprint density at radius 1 is 1.44 bits per heavy atom. The highest BCUT2D eigenvalue weighted by Crippen LogP contribution is 2.12. The quantitative estimate of drug-likeness (QED) is 0.857. The van der Waals surface area contributed by atoms with Crippen LogP contribution in [0.25, 0.3) is 0 Å². The normalized spacial score (nSPS) is 13.2. The summed E-state index contributed by atoms with van der Waals surface area (Å²) in [5.74, 6) is 1.48. The van der Waals surface area contributed by atoms with Crippen LogP contribution in [0.5, 0.6) is 0 Å². The van der Waals surface area contributed by atoms with Crippen LogP contribution in [-0.4, -0.2) is 25.1 Å². The lowest BCUT2D eigenvalue weighted by molar-refractivity contribution is 0.358. The van der Waals surface area contributed by atoms with Crippen molar-refractivity contribution in [3.05, 3.63) is 23.6 Å². The van der Waals surface area contributed by atoms with Crippen molar-refractivity contribution >= 4 is 0 Å². The molecule has 1 atom stereocenters. The van der Waals surface area contributed by atoms with Gasteiger partial charge in [0.2, 0.25) is 5.89 Å². The number of rotatable bonds is 5. The fourth-order valence-corrected chi connectivity index (χ4v) is 1.48. The van der Waals surface area contributed by atoms with E-state index in [2.05, 4.69) is 20.5 Å². The molecule has 0 amide bonds. The van der Waals surface area contributed by atoms with E-state index in [9.17, 15) is 0 Å². The monoisotopic (exact) mass is 250 g/mol. The largest absolute Gasteiger partial charge is 0.337 e. The van der Waals surface area contributed by atoms with E-state index in [1.165, 1.54) is 0 Å². The highest BCUT2D eigenvalue weighted by molar-refractivity contribution is 5.00. The molecule has 7 nitrogen and oxygen atoms in total. The summed E-state index contributed by atoms with van der Waals surface area (Å²) in [6, 6.07) is -0.0762. The minimum Gasteiger partial charge on any atom is -0.337 e. The average Bonchev–Trinajstić information content (AvgIpc) is 2.98. The first-order valence-electron chi connectivity index (χ1n) is 6.08. The van der Waals surface area contributed by atoms with Gasteiger partial charge < -0.3 is 10.3 Å². The third kappa shape index (κ3) is 2.73. The van der Waals surface area contributed by atoms with E-state index in [0.717, 1.165) is 12.1 Å². The van der Waals surface area contributed by atoms with E-state index < -0.39 is 0 Å². The zero-order valence-corrected chi connectivity index (χ0v) is 10.9. The first kappa shape index (κ1) is 12.7. The molecule has 0 fully saturated rings. The molecule has 0 spiro atoms. The van der Waals surface area contributed by atoms with Crippen molar-refractivity contribution in [1.29, 1.82) is 0 Å². The van der Waals surface area contributed by atoms with Crippen LogP contribution < -0.4 is 5.73 Å². The van der Waals surface area contributed by atoms with Crippen LogP contribution in [-0.2, 0) is 6.54 Å². The lowest BCUT2D eigenvalue weighted by Crippen LogP contribution is -2.08. The molecule has 0 saturated heterocycles. The van der Waals surface area contributed by atoms with Gasteiger partial charge in [0.05, 0.1) is 17.9 Å². The fourth-order valence-electron chi connectivity index (χ4n) is 1.48. The van der Waals surface area contributed by atoms with Gasteiger partial charge in [0.25, 0.3) is 0 Å². The zero-order valence-electron chi connectivity index (χ0n) is 10.9. The van der Waals surface area contributed by atoms with E-state index in [-0.39, 0.29) is 12.0 Å². The number of aromatic nitrogens is 5. The van der Waals surface area contributed by atoms with Gasteiger partial charge in [-0.3, -0.25) is 0 Å². The standard InChI is InChI=1S/C11H18N6O/c1-4-8(12)9-5-17(16-14-9)6-10-13-11(7(2)3)15-18-10/h5,7-8H,4,6,12H2,1-3H3. The average molecular weight is 250 g/mol. The van der Waals surface area contributed by atoms with Crippen molar-refractivity contribution in [3.8, 4) is 0 Å². The van der Waals surface area contributed by atoms with Gasteiger partial charge in [-0.1, -0.05) is 31.1 Å². The second-order valence-electron chi connectivity index (χ2n) is 4.56. The molecule has 2 aromatic heterocycles. The van der Waals surface area contributed by atoms with Crippen LogP contribution >= 0.6 is 0 Å². The highest BCUT2D eigenvalue weighted by Gasteiger charge is 2.12. The Labute approximate surface area is 105 Å². The first-order valence-corrected chi connectivity index (χ1v) is 6.08. The van der Waals surface area contributed by atoms with Crippen molar-refractivity contribution in [1.82, 2.24) is 25.1 Å². The maximum Gasteiger partial charge on any atom is 0.248 e. The van der Waals surface area contributed by atoms with Crippen molar-refractivity contribution in [2.45, 2.75) is 45.7 Å². The second-order valence-corrected chi connectivity index (χ2v) is 4.56. The van der Waals surface area contributed by atoms with Crippen molar-refractivity contribution in [3.63, 3.8) is 0 Å². The molecule has 98 valence electrons. The molecule has 0 aliphatic carbocycles. The summed E-state index contributed by atoms with van der Waals surface area (Å²) < 4.78 is 6.80. The van der Waals surface area contributed by atoms with Crippen LogP contribution in [0.4, 0.5) is 0 Å². The summed E-state index contributed by atoms with van der Waals surface area (Å²) in [7, 11) is 0. The number of nitrogens with two attached hydrogens (primary N) is 1. The lowest BCUT2D eigenvalue weighted by Gasteiger charge is -2.01. The first-order chi connectivity index (χ1) is 8.60. The molecule has 0 aromatic carbocycles. The number of hydrogen-bond donors (Lipinski definition) is 1. The Morgan fingerprint density at radius 3 is 2.83 bits per heavy atom. The Hall–Kier alpha value is -1.76. The van der Waals surface area contributed by atoms with E-state index in [4.69, 9.17) is 10.3 Å². The second kappa shape index (κ2) is 5.26.